The highest BCUT2D eigenvalue weighted by Gasteiger charge is 2.27. The Balaban J connectivity index is 1.59. The van der Waals surface area contributed by atoms with Gasteiger partial charge >= 0.3 is 0 Å². The zero-order valence-corrected chi connectivity index (χ0v) is 24.4. The van der Waals surface area contributed by atoms with Crippen LogP contribution in [0, 0.1) is 18.3 Å². The maximum atomic E-state index is 13.7. The fraction of sp³-hybridized carbons (Fsp3) is 0.133. The number of carbonyl (C=O) groups is 1. The lowest BCUT2D eigenvalue weighted by molar-refractivity contribution is -0.112. The summed E-state index contributed by atoms with van der Waals surface area (Å²) in [4.78, 5) is 12.8. The number of nitriles is 1. The van der Waals surface area contributed by atoms with Gasteiger partial charge in [0.1, 0.15) is 28.9 Å². The highest BCUT2D eigenvalue weighted by Crippen LogP contribution is 2.27. The number of amides is 1. The molecular weight excluding hydrogens is 585 g/mol. The molecule has 8 nitrogen and oxygen atoms in total. The van der Waals surface area contributed by atoms with E-state index in [1.54, 1.807) is 66.7 Å². The quantitative estimate of drug-likeness (QED) is 0.155. The number of anilines is 1. The summed E-state index contributed by atoms with van der Waals surface area (Å²) in [6, 6.07) is 23.1. The zero-order chi connectivity index (χ0) is 29.6. The van der Waals surface area contributed by atoms with Crippen molar-refractivity contribution >= 4 is 50.9 Å². The normalized spacial score (nSPS) is 11.8. The molecule has 0 aliphatic rings. The highest BCUT2D eigenvalue weighted by atomic mass is 35.5. The van der Waals surface area contributed by atoms with Crippen LogP contribution < -0.4 is 10.1 Å². The number of carbonyl (C=O) groups excluding carboxylic acids is 1. The smallest absolute Gasteiger partial charge is 0.266 e. The molecule has 0 unspecified atom stereocenters. The van der Waals surface area contributed by atoms with Crippen LogP contribution in [0.15, 0.2) is 93.7 Å². The van der Waals surface area contributed by atoms with E-state index >= 15 is 0 Å². The summed E-state index contributed by atoms with van der Waals surface area (Å²) < 4.78 is 39.6. The van der Waals surface area contributed by atoms with E-state index in [0.29, 0.717) is 32.8 Å². The number of aryl methyl sites for hydroxylation is 1. The molecule has 0 aliphatic carbocycles. The van der Waals surface area contributed by atoms with Crippen LogP contribution in [0.25, 0.3) is 6.08 Å². The van der Waals surface area contributed by atoms with Crippen molar-refractivity contribution in [3.63, 3.8) is 0 Å². The third kappa shape index (κ3) is 7.57. The molecule has 0 bridgehead atoms. The first kappa shape index (κ1) is 29.9. The van der Waals surface area contributed by atoms with Crippen LogP contribution in [0.3, 0.4) is 0 Å². The van der Waals surface area contributed by atoms with Gasteiger partial charge in [0.05, 0.1) is 18.6 Å². The minimum absolute atomic E-state index is 0.0511. The number of hydrogen-bond acceptors (Lipinski definition) is 6. The van der Waals surface area contributed by atoms with Gasteiger partial charge in [-0.15, -0.1) is 0 Å². The van der Waals surface area contributed by atoms with E-state index < -0.39 is 15.9 Å². The topological polar surface area (TPSA) is 113 Å². The molecule has 0 radical (unpaired) electrons. The molecule has 11 heteroatoms. The van der Waals surface area contributed by atoms with E-state index in [-0.39, 0.29) is 29.3 Å². The van der Waals surface area contributed by atoms with Crippen molar-refractivity contribution < 1.29 is 22.4 Å². The van der Waals surface area contributed by atoms with E-state index in [0.717, 1.165) is 5.56 Å². The summed E-state index contributed by atoms with van der Waals surface area (Å²) in [7, 11) is -2.47. The Bertz CT molecular complexity index is 1740. The number of nitrogens with one attached hydrogen (secondary N) is 1. The number of rotatable bonds is 10. The number of sulfonamides is 1. The van der Waals surface area contributed by atoms with Gasteiger partial charge in [0, 0.05) is 34.4 Å². The van der Waals surface area contributed by atoms with Crippen molar-refractivity contribution in [1.29, 1.82) is 5.26 Å². The molecule has 4 aromatic rings. The van der Waals surface area contributed by atoms with Gasteiger partial charge in [-0.1, -0.05) is 53.0 Å². The van der Waals surface area contributed by atoms with E-state index in [1.165, 1.54) is 29.6 Å². The second-order valence-electron chi connectivity index (χ2n) is 8.98. The first-order valence-corrected chi connectivity index (χ1v) is 14.5. The number of ether oxygens (including phenoxy) is 1. The van der Waals surface area contributed by atoms with Crippen LogP contribution >= 0.6 is 23.2 Å². The Morgan fingerprint density at radius 3 is 2.49 bits per heavy atom. The molecule has 1 heterocycles. The van der Waals surface area contributed by atoms with Crippen molar-refractivity contribution in [3.8, 4) is 11.8 Å². The molecule has 0 aliphatic heterocycles. The molecule has 0 spiro atoms. The maximum Gasteiger partial charge on any atom is 0.266 e. The first-order valence-electron chi connectivity index (χ1n) is 12.3. The Morgan fingerprint density at radius 2 is 1.80 bits per heavy atom. The Labute approximate surface area is 248 Å². The average molecular weight is 611 g/mol. The standard InChI is InChI=1S/C30H25Cl2N3O5S/c1-20-6-12-28(13-7-20)41(37,38)35(18-21-8-9-23(31)15-29(21)32)19-27-11-10-26(40-27)14-22(17-33)30(36)34-24-4-3-5-25(16-24)39-2/h3-16H,18-19H2,1-2H3,(H,34,36)/b22-14-. The van der Waals surface area contributed by atoms with Gasteiger partial charge < -0.3 is 14.5 Å². The third-order valence-electron chi connectivity index (χ3n) is 6.01. The van der Waals surface area contributed by atoms with Gasteiger partial charge in [0.25, 0.3) is 5.91 Å². The van der Waals surface area contributed by atoms with Crippen molar-refractivity contribution in [2.75, 3.05) is 12.4 Å². The van der Waals surface area contributed by atoms with Gasteiger partial charge in [0.15, 0.2) is 0 Å². The van der Waals surface area contributed by atoms with E-state index in [1.807, 2.05) is 13.0 Å². The molecule has 0 saturated carbocycles. The number of methoxy groups -OCH3 is 1. The van der Waals surface area contributed by atoms with Crippen LogP contribution in [0.4, 0.5) is 5.69 Å². The van der Waals surface area contributed by atoms with Crippen LogP contribution in [-0.4, -0.2) is 25.7 Å². The average Bonchev–Trinajstić information content (AvgIpc) is 3.39. The molecule has 0 saturated heterocycles. The number of halogens is 2. The first-order chi connectivity index (χ1) is 19.6. The summed E-state index contributed by atoms with van der Waals surface area (Å²) in [6.45, 7) is 1.68. The SMILES string of the molecule is COc1cccc(NC(=O)/C(C#N)=C\c2ccc(CN(Cc3ccc(Cl)cc3Cl)S(=O)(=O)c3ccc(C)cc3)o2)c1. The lowest BCUT2D eigenvalue weighted by atomic mass is 10.2. The van der Waals surface area contributed by atoms with Gasteiger partial charge in [-0.05, 0) is 61.0 Å². The Hall–Kier alpha value is -4.07. The highest BCUT2D eigenvalue weighted by molar-refractivity contribution is 7.89. The molecule has 41 heavy (non-hydrogen) atoms. The van der Waals surface area contributed by atoms with E-state index in [2.05, 4.69) is 5.32 Å². The second-order valence-corrected chi connectivity index (χ2v) is 11.8. The molecule has 0 fully saturated rings. The zero-order valence-electron chi connectivity index (χ0n) is 22.1. The second kappa shape index (κ2) is 13.1. The molecule has 1 aromatic heterocycles. The fourth-order valence-electron chi connectivity index (χ4n) is 3.85. The largest absolute Gasteiger partial charge is 0.497 e. The van der Waals surface area contributed by atoms with Gasteiger partial charge in [-0.3, -0.25) is 4.79 Å². The lowest BCUT2D eigenvalue weighted by Gasteiger charge is -2.22. The monoisotopic (exact) mass is 609 g/mol. The number of furan rings is 1. The van der Waals surface area contributed by atoms with Crippen LogP contribution in [0.2, 0.25) is 10.0 Å². The molecule has 4 rings (SSSR count). The Morgan fingerprint density at radius 1 is 1.05 bits per heavy atom. The summed E-state index contributed by atoms with van der Waals surface area (Å²) in [6.07, 6.45) is 1.29. The van der Waals surface area contributed by atoms with Crippen molar-refractivity contribution in [2.24, 2.45) is 0 Å². The van der Waals surface area contributed by atoms with Crippen molar-refractivity contribution in [2.45, 2.75) is 24.9 Å². The predicted molar refractivity (Wildman–Crippen MR) is 158 cm³/mol. The minimum Gasteiger partial charge on any atom is -0.497 e. The third-order valence-corrected chi connectivity index (χ3v) is 8.41. The maximum absolute atomic E-state index is 13.7. The van der Waals surface area contributed by atoms with Crippen LogP contribution in [-0.2, 0) is 27.9 Å². The molecule has 1 amide bonds. The van der Waals surface area contributed by atoms with Crippen molar-refractivity contribution in [3.05, 3.63) is 117 Å². The lowest BCUT2D eigenvalue weighted by Crippen LogP contribution is -2.30. The summed E-state index contributed by atoms with van der Waals surface area (Å²) in [5.74, 6) is 0.405. The number of hydrogen-bond donors (Lipinski definition) is 1. The molecular formula is C30H25Cl2N3O5S. The Kier molecular flexibility index (Phi) is 9.53. The van der Waals surface area contributed by atoms with Crippen molar-refractivity contribution in [1.82, 2.24) is 4.31 Å². The van der Waals surface area contributed by atoms with E-state index in [4.69, 9.17) is 32.4 Å². The van der Waals surface area contributed by atoms with Gasteiger partial charge in [0.2, 0.25) is 10.0 Å². The van der Waals surface area contributed by atoms with Gasteiger partial charge in [-0.25, -0.2) is 8.42 Å². The summed E-state index contributed by atoms with van der Waals surface area (Å²) >= 11 is 12.4. The summed E-state index contributed by atoms with van der Waals surface area (Å²) in [5.41, 5.74) is 1.72. The molecule has 210 valence electrons. The van der Waals surface area contributed by atoms with E-state index in [9.17, 15) is 18.5 Å². The molecule has 0 atom stereocenters. The molecule has 1 N–H and O–H groups in total. The number of nitrogens with zero attached hydrogens (tertiary/aromatic N) is 2. The molecule has 3 aromatic carbocycles. The minimum atomic E-state index is -3.97. The predicted octanol–water partition coefficient (Wildman–Crippen LogP) is 6.84. The fourth-order valence-corrected chi connectivity index (χ4v) is 5.70. The van der Waals surface area contributed by atoms with Crippen LogP contribution in [0.5, 0.6) is 5.75 Å². The van der Waals surface area contributed by atoms with Crippen LogP contribution in [0.1, 0.15) is 22.6 Å². The summed E-state index contributed by atoms with van der Waals surface area (Å²) in [5, 5.41) is 13.0. The number of benzene rings is 3. The van der Waals surface area contributed by atoms with Gasteiger partial charge in [-0.2, -0.15) is 9.57 Å².